The van der Waals surface area contributed by atoms with E-state index in [0.717, 1.165) is 28.0 Å². The summed E-state index contributed by atoms with van der Waals surface area (Å²) >= 11 is 0. The van der Waals surface area contributed by atoms with E-state index in [9.17, 15) is 4.79 Å². The second-order valence-corrected chi connectivity index (χ2v) is 7.17. The third-order valence-electron chi connectivity index (χ3n) is 5.27. The molecule has 0 saturated carbocycles. The van der Waals surface area contributed by atoms with Crippen molar-refractivity contribution in [2.45, 2.75) is 0 Å². The van der Waals surface area contributed by atoms with Gasteiger partial charge in [-0.2, -0.15) is 5.10 Å². The first-order chi connectivity index (χ1) is 14.2. The lowest BCUT2D eigenvalue weighted by molar-refractivity contribution is 0.0303. The van der Waals surface area contributed by atoms with Gasteiger partial charge in [0.05, 0.1) is 31.3 Å². The van der Waals surface area contributed by atoms with Crippen LogP contribution in [0.3, 0.4) is 0 Å². The average molecular weight is 387 g/mol. The van der Waals surface area contributed by atoms with Crippen LogP contribution in [0.15, 0.2) is 61.2 Å². The summed E-state index contributed by atoms with van der Waals surface area (Å²) in [6.45, 7) is 2.51. The second-order valence-electron chi connectivity index (χ2n) is 7.17. The van der Waals surface area contributed by atoms with E-state index in [4.69, 9.17) is 4.74 Å². The molecule has 0 radical (unpaired) electrons. The van der Waals surface area contributed by atoms with Gasteiger partial charge in [0.15, 0.2) is 0 Å². The van der Waals surface area contributed by atoms with E-state index in [-0.39, 0.29) is 5.91 Å². The summed E-state index contributed by atoms with van der Waals surface area (Å²) in [7, 11) is 1.90. The first kappa shape index (κ1) is 17.6. The molecule has 3 aromatic heterocycles. The van der Waals surface area contributed by atoms with Gasteiger partial charge in [0.1, 0.15) is 5.65 Å². The van der Waals surface area contributed by atoms with Crippen LogP contribution in [0, 0.1) is 0 Å². The Morgan fingerprint density at radius 2 is 1.69 bits per heavy atom. The van der Waals surface area contributed by atoms with Gasteiger partial charge < -0.3 is 9.64 Å². The van der Waals surface area contributed by atoms with Crippen LogP contribution in [0.25, 0.3) is 28.0 Å². The molecule has 0 spiro atoms. The highest BCUT2D eigenvalue weighted by Gasteiger charge is 2.18. The number of rotatable bonds is 3. The van der Waals surface area contributed by atoms with Gasteiger partial charge in [0.2, 0.25) is 0 Å². The highest BCUT2D eigenvalue weighted by Crippen LogP contribution is 2.25. The fourth-order valence-electron chi connectivity index (χ4n) is 3.67. The topological polar surface area (TPSA) is 64.7 Å². The molecule has 0 N–H and O–H groups in total. The number of amides is 1. The molecular weight excluding hydrogens is 366 g/mol. The molecule has 1 amide bonds. The van der Waals surface area contributed by atoms with Crippen LogP contribution in [-0.2, 0) is 11.8 Å². The third kappa shape index (κ3) is 3.30. The number of benzene rings is 1. The number of fused-ring (bicyclic) bond motifs is 1. The van der Waals surface area contributed by atoms with Gasteiger partial charge >= 0.3 is 0 Å². The highest BCUT2D eigenvalue weighted by atomic mass is 16.5. The fraction of sp³-hybridized carbons (Fsp3) is 0.227. The van der Waals surface area contributed by atoms with Gasteiger partial charge in [0, 0.05) is 43.7 Å². The van der Waals surface area contributed by atoms with Gasteiger partial charge in [-0.25, -0.2) is 4.98 Å². The molecule has 1 aromatic carbocycles. The van der Waals surface area contributed by atoms with Gasteiger partial charge in [-0.1, -0.05) is 12.1 Å². The number of imidazole rings is 1. The van der Waals surface area contributed by atoms with Crippen LogP contribution in [0.1, 0.15) is 10.4 Å². The first-order valence-electron chi connectivity index (χ1n) is 9.63. The number of hydrogen-bond donors (Lipinski definition) is 0. The summed E-state index contributed by atoms with van der Waals surface area (Å²) in [4.78, 5) is 19.0. The Morgan fingerprint density at radius 3 is 2.41 bits per heavy atom. The Bertz CT molecular complexity index is 1170. The zero-order chi connectivity index (χ0) is 19.8. The molecular formula is C22H21N5O2. The standard InChI is InChI=1S/C22H21N5O2/c1-25-14-19(12-24-25)20-13-23-21-7-6-18(15-27(20)21)16-2-4-17(5-3-16)22(28)26-8-10-29-11-9-26/h2-7,12-15H,8-11H2,1H3. The average Bonchev–Trinajstić information content (AvgIpc) is 3.39. The minimum atomic E-state index is 0.0591. The molecule has 7 nitrogen and oxygen atoms in total. The zero-order valence-corrected chi connectivity index (χ0v) is 16.2. The number of morpholine rings is 1. The van der Waals surface area contributed by atoms with Crippen molar-refractivity contribution in [2.75, 3.05) is 26.3 Å². The summed E-state index contributed by atoms with van der Waals surface area (Å²) in [5.74, 6) is 0.0591. The zero-order valence-electron chi connectivity index (χ0n) is 16.2. The van der Waals surface area contributed by atoms with Crippen molar-refractivity contribution in [3.05, 3.63) is 66.7 Å². The normalized spacial score (nSPS) is 14.4. The van der Waals surface area contributed by atoms with Crippen molar-refractivity contribution in [2.24, 2.45) is 7.05 Å². The van der Waals surface area contributed by atoms with E-state index >= 15 is 0 Å². The summed E-state index contributed by atoms with van der Waals surface area (Å²) in [6.07, 6.45) is 7.74. The van der Waals surface area contributed by atoms with Crippen molar-refractivity contribution in [3.8, 4) is 22.4 Å². The molecule has 0 atom stereocenters. The van der Waals surface area contributed by atoms with Crippen molar-refractivity contribution in [1.82, 2.24) is 24.1 Å². The van der Waals surface area contributed by atoms with E-state index in [1.807, 2.05) is 66.9 Å². The van der Waals surface area contributed by atoms with E-state index in [1.165, 1.54) is 0 Å². The Labute approximate surface area is 168 Å². The molecule has 1 aliphatic rings. The minimum absolute atomic E-state index is 0.0591. The largest absolute Gasteiger partial charge is 0.378 e. The molecule has 7 heteroatoms. The van der Waals surface area contributed by atoms with Crippen LogP contribution < -0.4 is 0 Å². The van der Waals surface area contributed by atoms with Gasteiger partial charge in [-0.3, -0.25) is 13.9 Å². The molecule has 4 heterocycles. The molecule has 1 saturated heterocycles. The summed E-state index contributed by atoms with van der Waals surface area (Å²) < 4.78 is 9.18. The summed E-state index contributed by atoms with van der Waals surface area (Å²) in [6, 6.07) is 11.8. The monoisotopic (exact) mass is 387 g/mol. The number of aryl methyl sites for hydroxylation is 1. The lowest BCUT2D eigenvalue weighted by atomic mass is 10.0. The molecule has 29 heavy (non-hydrogen) atoms. The number of nitrogens with zero attached hydrogens (tertiary/aromatic N) is 5. The quantitative estimate of drug-likeness (QED) is 0.542. The predicted molar refractivity (Wildman–Crippen MR) is 110 cm³/mol. The number of hydrogen-bond acceptors (Lipinski definition) is 4. The first-order valence-corrected chi connectivity index (χ1v) is 9.63. The summed E-state index contributed by atoms with van der Waals surface area (Å²) in [5, 5.41) is 4.26. The van der Waals surface area contributed by atoms with E-state index in [1.54, 1.807) is 4.68 Å². The molecule has 4 aromatic rings. The highest BCUT2D eigenvalue weighted by molar-refractivity contribution is 5.94. The molecule has 1 fully saturated rings. The minimum Gasteiger partial charge on any atom is -0.378 e. The number of ether oxygens (including phenoxy) is 1. The third-order valence-corrected chi connectivity index (χ3v) is 5.27. The van der Waals surface area contributed by atoms with Crippen molar-refractivity contribution in [3.63, 3.8) is 0 Å². The molecule has 1 aliphatic heterocycles. The van der Waals surface area contributed by atoms with Crippen molar-refractivity contribution < 1.29 is 9.53 Å². The predicted octanol–water partition coefficient (Wildman–Crippen LogP) is 2.87. The second kappa shape index (κ2) is 7.18. The van der Waals surface area contributed by atoms with Crippen LogP contribution in [0.5, 0.6) is 0 Å². The Kier molecular flexibility index (Phi) is 4.37. The van der Waals surface area contributed by atoms with Crippen LogP contribution in [-0.4, -0.2) is 56.3 Å². The van der Waals surface area contributed by atoms with Crippen molar-refractivity contribution >= 4 is 11.6 Å². The Hall–Kier alpha value is -3.45. The Morgan fingerprint density at radius 1 is 0.931 bits per heavy atom. The maximum Gasteiger partial charge on any atom is 0.254 e. The number of carbonyl (C=O) groups is 1. The lowest BCUT2D eigenvalue weighted by Gasteiger charge is -2.26. The van der Waals surface area contributed by atoms with E-state index < -0.39 is 0 Å². The molecule has 0 unspecified atom stereocenters. The van der Waals surface area contributed by atoms with Crippen LogP contribution >= 0.6 is 0 Å². The molecule has 0 aliphatic carbocycles. The number of carbonyl (C=O) groups excluding carboxylic acids is 1. The Balaban J connectivity index is 1.45. The lowest BCUT2D eigenvalue weighted by Crippen LogP contribution is -2.40. The van der Waals surface area contributed by atoms with Crippen LogP contribution in [0.4, 0.5) is 0 Å². The van der Waals surface area contributed by atoms with Gasteiger partial charge in [0.25, 0.3) is 5.91 Å². The molecule has 146 valence electrons. The van der Waals surface area contributed by atoms with Crippen LogP contribution in [0.2, 0.25) is 0 Å². The fourth-order valence-corrected chi connectivity index (χ4v) is 3.67. The maximum absolute atomic E-state index is 12.6. The van der Waals surface area contributed by atoms with E-state index in [2.05, 4.69) is 20.7 Å². The molecule has 5 rings (SSSR count). The summed E-state index contributed by atoms with van der Waals surface area (Å²) in [5.41, 5.74) is 5.71. The van der Waals surface area contributed by atoms with Gasteiger partial charge in [-0.05, 0) is 35.4 Å². The smallest absolute Gasteiger partial charge is 0.254 e. The van der Waals surface area contributed by atoms with E-state index in [0.29, 0.717) is 31.9 Å². The number of pyridine rings is 1. The molecule has 0 bridgehead atoms. The SMILES string of the molecule is Cn1cc(-c2cnc3ccc(-c4ccc(C(=O)N5CCOCC5)cc4)cn23)cn1. The maximum atomic E-state index is 12.6. The van der Waals surface area contributed by atoms with Crippen molar-refractivity contribution in [1.29, 1.82) is 0 Å². The van der Waals surface area contributed by atoms with Gasteiger partial charge in [-0.15, -0.1) is 0 Å². The number of aromatic nitrogens is 4.